The van der Waals surface area contributed by atoms with E-state index in [9.17, 15) is 13.2 Å². The number of benzene rings is 2. The normalized spacial score (nSPS) is 11.6. The number of aromatic nitrogens is 1. The maximum Gasteiger partial charge on any atom is 0.417 e. The molecular weight excluding hydrogens is 490 g/mol. The molecule has 0 amide bonds. The summed E-state index contributed by atoms with van der Waals surface area (Å²) >= 11 is 18.4. The van der Waals surface area contributed by atoms with Crippen molar-refractivity contribution in [3.8, 4) is 11.5 Å². The van der Waals surface area contributed by atoms with Crippen LogP contribution < -0.4 is 14.9 Å². The van der Waals surface area contributed by atoms with Gasteiger partial charge in [-0.05, 0) is 42.0 Å². The van der Waals surface area contributed by atoms with E-state index in [0.29, 0.717) is 32.7 Å². The molecule has 3 rings (SSSR count). The summed E-state index contributed by atoms with van der Waals surface area (Å²) in [6.07, 6.45) is -2.32. The van der Waals surface area contributed by atoms with Gasteiger partial charge in [0.25, 0.3) is 0 Å². The number of hydrogen-bond acceptors (Lipinski definition) is 5. The Kier molecular flexibility index (Phi) is 7.71. The Morgan fingerprint density at radius 3 is 2.47 bits per heavy atom. The molecule has 0 fully saturated rings. The van der Waals surface area contributed by atoms with Crippen molar-refractivity contribution in [2.45, 2.75) is 12.8 Å². The van der Waals surface area contributed by atoms with Crippen LogP contribution in [-0.2, 0) is 12.8 Å². The lowest BCUT2D eigenvalue weighted by molar-refractivity contribution is -0.137. The zero-order valence-electron chi connectivity index (χ0n) is 16.4. The van der Waals surface area contributed by atoms with Crippen LogP contribution in [0.2, 0.25) is 15.1 Å². The molecule has 32 heavy (non-hydrogen) atoms. The first-order valence-electron chi connectivity index (χ1n) is 8.94. The smallest absolute Gasteiger partial charge is 0.417 e. The maximum atomic E-state index is 12.6. The third kappa shape index (κ3) is 6.18. The summed E-state index contributed by atoms with van der Waals surface area (Å²) in [6, 6.07) is 10.4. The fourth-order valence-corrected chi connectivity index (χ4v) is 3.28. The minimum atomic E-state index is -4.45. The topological polar surface area (TPSA) is 55.7 Å². The molecule has 5 nitrogen and oxygen atoms in total. The molecule has 0 saturated carbocycles. The van der Waals surface area contributed by atoms with Gasteiger partial charge in [-0.1, -0.05) is 40.9 Å². The first-order chi connectivity index (χ1) is 15.2. The Morgan fingerprint density at radius 1 is 1.06 bits per heavy atom. The van der Waals surface area contributed by atoms with E-state index in [1.165, 1.54) is 19.4 Å². The number of halogens is 6. The van der Waals surface area contributed by atoms with Crippen LogP contribution in [0.5, 0.6) is 11.5 Å². The number of alkyl halides is 3. The molecular formula is C21H15Cl3F3N3O2. The van der Waals surface area contributed by atoms with Crippen molar-refractivity contribution in [2.75, 3.05) is 12.5 Å². The van der Waals surface area contributed by atoms with Crippen LogP contribution in [0.3, 0.4) is 0 Å². The van der Waals surface area contributed by atoms with E-state index in [4.69, 9.17) is 44.3 Å². The van der Waals surface area contributed by atoms with E-state index in [2.05, 4.69) is 15.5 Å². The summed E-state index contributed by atoms with van der Waals surface area (Å²) < 4.78 is 48.9. The van der Waals surface area contributed by atoms with Gasteiger partial charge >= 0.3 is 6.18 Å². The minimum Gasteiger partial charge on any atom is -0.493 e. The fourth-order valence-electron chi connectivity index (χ4n) is 2.54. The van der Waals surface area contributed by atoms with Crippen LogP contribution in [0.1, 0.15) is 16.7 Å². The second-order valence-electron chi connectivity index (χ2n) is 6.36. The Labute approximate surface area is 196 Å². The number of hydrazone groups is 1. The largest absolute Gasteiger partial charge is 0.493 e. The van der Waals surface area contributed by atoms with Gasteiger partial charge in [-0.25, -0.2) is 4.98 Å². The molecule has 1 heterocycles. The van der Waals surface area contributed by atoms with E-state index in [1.807, 2.05) is 0 Å². The van der Waals surface area contributed by atoms with Gasteiger partial charge in [-0.3, -0.25) is 5.43 Å². The molecule has 0 aliphatic rings. The summed E-state index contributed by atoms with van der Waals surface area (Å²) in [6.45, 7) is 0.140. The van der Waals surface area contributed by atoms with Gasteiger partial charge in [0.2, 0.25) is 0 Å². The number of methoxy groups -OCH3 is 1. The molecule has 168 valence electrons. The van der Waals surface area contributed by atoms with Crippen molar-refractivity contribution in [1.82, 2.24) is 4.98 Å². The summed E-state index contributed by atoms with van der Waals surface area (Å²) in [7, 11) is 1.46. The molecule has 0 aliphatic heterocycles. The zero-order valence-corrected chi connectivity index (χ0v) is 18.6. The second kappa shape index (κ2) is 10.3. The quantitative estimate of drug-likeness (QED) is 0.276. The van der Waals surface area contributed by atoms with Crippen molar-refractivity contribution in [1.29, 1.82) is 0 Å². The van der Waals surface area contributed by atoms with E-state index in [0.717, 1.165) is 12.3 Å². The number of pyridine rings is 1. The first kappa shape index (κ1) is 24.0. The number of anilines is 1. The van der Waals surface area contributed by atoms with Crippen LogP contribution in [0.4, 0.5) is 19.0 Å². The molecule has 0 unspecified atom stereocenters. The predicted molar refractivity (Wildman–Crippen MR) is 119 cm³/mol. The van der Waals surface area contributed by atoms with E-state index in [-0.39, 0.29) is 17.4 Å². The molecule has 1 aromatic heterocycles. The van der Waals surface area contributed by atoms with Crippen molar-refractivity contribution in [3.63, 3.8) is 0 Å². The predicted octanol–water partition coefficient (Wildman–Crippen LogP) is 7.09. The highest BCUT2D eigenvalue weighted by atomic mass is 35.5. The van der Waals surface area contributed by atoms with Crippen LogP contribution >= 0.6 is 34.8 Å². The summed E-state index contributed by atoms with van der Waals surface area (Å²) in [5.74, 6) is 0.818. The van der Waals surface area contributed by atoms with Gasteiger partial charge in [0.1, 0.15) is 12.4 Å². The Bertz CT molecular complexity index is 1120. The summed E-state index contributed by atoms with van der Waals surface area (Å²) in [5.41, 5.74) is 2.98. The number of nitrogens with zero attached hydrogens (tertiary/aromatic N) is 2. The van der Waals surface area contributed by atoms with Gasteiger partial charge in [0, 0.05) is 21.8 Å². The summed E-state index contributed by atoms with van der Waals surface area (Å²) in [4.78, 5) is 3.67. The molecule has 0 radical (unpaired) electrons. The molecule has 0 aliphatic carbocycles. The molecule has 11 heteroatoms. The molecule has 1 N–H and O–H groups in total. The van der Waals surface area contributed by atoms with Crippen LogP contribution in [-0.4, -0.2) is 18.3 Å². The monoisotopic (exact) mass is 503 g/mol. The average molecular weight is 505 g/mol. The lowest BCUT2D eigenvalue weighted by Crippen LogP contribution is -2.05. The number of rotatable bonds is 7. The standard InChI is InChI=1S/C21H15Cl3F3N3O2/c1-31-18-7-12(9-29-30-19-5-3-14(10-28-19)21(25,26)27)6-17(24)20(18)32-11-13-2-4-15(22)8-16(13)23/h2-10H,11H2,1H3,(H,28,30)/b29-9-. The Hall–Kier alpha value is -2.68. The Morgan fingerprint density at radius 2 is 1.84 bits per heavy atom. The van der Waals surface area contributed by atoms with Crippen molar-refractivity contribution in [3.05, 3.63) is 80.4 Å². The highest BCUT2D eigenvalue weighted by Gasteiger charge is 2.30. The van der Waals surface area contributed by atoms with Gasteiger partial charge < -0.3 is 9.47 Å². The lowest BCUT2D eigenvalue weighted by Gasteiger charge is -2.14. The number of ether oxygens (including phenoxy) is 2. The van der Waals surface area contributed by atoms with Crippen molar-refractivity contribution in [2.24, 2.45) is 5.10 Å². The SMILES string of the molecule is COc1cc(/C=N\Nc2ccc(C(F)(F)F)cn2)cc(Cl)c1OCc1ccc(Cl)cc1Cl. The third-order valence-electron chi connectivity index (χ3n) is 4.12. The number of hydrogen-bond donors (Lipinski definition) is 1. The molecule has 2 aromatic carbocycles. The minimum absolute atomic E-state index is 0.140. The highest BCUT2D eigenvalue weighted by Crippen LogP contribution is 2.37. The van der Waals surface area contributed by atoms with E-state index in [1.54, 1.807) is 30.3 Å². The highest BCUT2D eigenvalue weighted by molar-refractivity contribution is 6.35. The van der Waals surface area contributed by atoms with Crippen LogP contribution in [0.25, 0.3) is 0 Å². The average Bonchev–Trinajstić information content (AvgIpc) is 2.73. The Balaban J connectivity index is 1.70. The fraction of sp³-hybridized carbons (Fsp3) is 0.143. The van der Waals surface area contributed by atoms with Gasteiger partial charge in [0.05, 0.1) is 23.9 Å². The first-order valence-corrected chi connectivity index (χ1v) is 10.1. The second-order valence-corrected chi connectivity index (χ2v) is 7.61. The maximum absolute atomic E-state index is 12.6. The molecule has 0 spiro atoms. The van der Waals surface area contributed by atoms with Crippen LogP contribution in [0, 0.1) is 0 Å². The molecule has 3 aromatic rings. The third-order valence-corrected chi connectivity index (χ3v) is 4.99. The molecule has 0 saturated heterocycles. The zero-order chi connectivity index (χ0) is 23.3. The number of nitrogens with one attached hydrogen (secondary N) is 1. The summed E-state index contributed by atoms with van der Waals surface area (Å²) in [5, 5.41) is 5.20. The van der Waals surface area contributed by atoms with Gasteiger partial charge in [0.15, 0.2) is 11.5 Å². The lowest BCUT2D eigenvalue weighted by atomic mass is 10.2. The molecule has 0 bridgehead atoms. The van der Waals surface area contributed by atoms with Crippen molar-refractivity contribution >= 4 is 46.8 Å². The molecule has 0 atom stereocenters. The van der Waals surface area contributed by atoms with E-state index < -0.39 is 11.7 Å². The van der Waals surface area contributed by atoms with Gasteiger partial charge in [-0.15, -0.1) is 0 Å². The van der Waals surface area contributed by atoms with Gasteiger partial charge in [-0.2, -0.15) is 18.3 Å². The van der Waals surface area contributed by atoms with E-state index >= 15 is 0 Å². The van der Waals surface area contributed by atoms with Crippen molar-refractivity contribution < 1.29 is 22.6 Å². The van der Waals surface area contributed by atoms with Crippen LogP contribution in [0.15, 0.2) is 53.8 Å².